The molecule has 116 valence electrons. The molecule has 1 fully saturated rings. The molecule has 0 bridgehead atoms. The van der Waals surface area contributed by atoms with Gasteiger partial charge in [-0.2, -0.15) is 0 Å². The van der Waals surface area contributed by atoms with Crippen LogP contribution in [0.3, 0.4) is 0 Å². The molecule has 0 aromatic heterocycles. The summed E-state index contributed by atoms with van der Waals surface area (Å²) in [7, 11) is 1.93. The Bertz CT molecular complexity index is 496. The van der Waals surface area contributed by atoms with Crippen LogP contribution in [0.25, 0.3) is 0 Å². The van der Waals surface area contributed by atoms with Gasteiger partial charge >= 0.3 is 6.03 Å². The fourth-order valence-electron chi connectivity index (χ4n) is 2.66. The van der Waals surface area contributed by atoms with E-state index in [2.05, 4.69) is 10.6 Å². The largest absolute Gasteiger partial charge is 0.322 e. The van der Waals surface area contributed by atoms with Gasteiger partial charge in [-0.25, -0.2) is 4.79 Å². The second-order valence-corrected chi connectivity index (χ2v) is 6.13. The molecule has 1 atom stereocenters. The molecule has 1 aliphatic heterocycles. The molecule has 0 spiro atoms. The molecule has 1 aliphatic rings. The number of halogens is 2. The molecule has 1 aromatic rings. The number of piperidine rings is 1. The number of hydrogen-bond acceptors (Lipinski definition) is 2. The molecule has 1 unspecified atom stereocenters. The third-order valence-corrected chi connectivity index (χ3v) is 4.35. The van der Waals surface area contributed by atoms with Crippen molar-refractivity contribution in [2.24, 2.45) is 0 Å². The monoisotopic (exact) mass is 329 g/mol. The van der Waals surface area contributed by atoms with Gasteiger partial charge in [-0.05, 0) is 57.5 Å². The van der Waals surface area contributed by atoms with E-state index < -0.39 is 0 Å². The van der Waals surface area contributed by atoms with Gasteiger partial charge < -0.3 is 15.5 Å². The highest BCUT2D eigenvalue weighted by molar-refractivity contribution is 6.35. The van der Waals surface area contributed by atoms with Gasteiger partial charge in [-0.3, -0.25) is 0 Å². The van der Waals surface area contributed by atoms with Crippen LogP contribution in [-0.2, 0) is 0 Å². The van der Waals surface area contributed by atoms with Gasteiger partial charge in [0.15, 0.2) is 0 Å². The number of carbonyl (C=O) groups is 1. The molecular formula is C15H21Cl2N3O. The van der Waals surface area contributed by atoms with Crippen molar-refractivity contribution < 1.29 is 4.79 Å². The van der Waals surface area contributed by atoms with Crippen LogP contribution in [0.1, 0.15) is 25.7 Å². The van der Waals surface area contributed by atoms with Crippen molar-refractivity contribution in [3.05, 3.63) is 28.2 Å². The second kappa shape index (κ2) is 7.87. The molecule has 6 heteroatoms. The van der Waals surface area contributed by atoms with Gasteiger partial charge in [0.05, 0.1) is 10.7 Å². The first kappa shape index (κ1) is 16.4. The standard InChI is InChI=1S/C15H21Cl2N3O/c1-18-8-7-12-4-2-3-9-20(12)15(21)19-14-10-11(16)5-6-13(14)17/h5-6,10,12,18H,2-4,7-9H2,1H3,(H,19,21). The van der Waals surface area contributed by atoms with Gasteiger partial charge in [0, 0.05) is 17.6 Å². The Balaban J connectivity index is 2.04. The lowest BCUT2D eigenvalue weighted by Gasteiger charge is -2.36. The normalized spacial score (nSPS) is 18.6. The number of hydrogen-bond donors (Lipinski definition) is 2. The van der Waals surface area contributed by atoms with Gasteiger partial charge in [0.2, 0.25) is 0 Å². The predicted octanol–water partition coefficient (Wildman–Crippen LogP) is 3.99. The summed E-state index contributed by atoms with van der Waals surface area (Å²) in [6.07, 6.45) is 4.24. The number of nitrogens with zero attached hydrogens (tertiary/aromatic N) is 1. The number of carbonyl (C=O) groups excluding carboxylic acids is 1. The summed E-state index contributed by atoms with van der Waals surface area (Å²) in [5, 5.41) is 7.07. The van der Waals surface area contributed by atoms with Crippen molar-refractivity contribution in [2.75, 3.05) is 25.5 Å². The molecule has 4 nitrogen and oxygen atoms in total. The average molecular weight is 330 g/mol. The van der Waals surface area contributed by atoms with Gasteiger partial charge in [0.25, 0.3) is 0 Å². The molecule has 2 rings (SSSR count). The first-order valence-corrected chi connectivity index (χ1v) is 8.04. The minimum absolute atomic E-state index is 0.0973. The maximum atomic E-state index is 12.5. The maximum absolute atomic E-state index is 12.5. The van der Waals surface area contributed by atoms with Crippen LogP contribution in [0, 0.1) is 0 Å². The first-order valence-electron chi connectivity index (χ1n) is 7.29. The molecule has 21 heavy (non-hydrogen) atoms. The van der Waals surface area contributed by atoms with Crippen LogP contribution < -0.4 is 10.6 Å². The lowest BCUT2D eigenvalue weighted by molar-refractivity contribution is 0.158. The van der Waals surface area contributed by atoms with E-state index in [1.54, 1.807) is 18.2 Å². The topological polar surface area (TPSA) is 44.4 Å². The van der Waals surface area contributed by atoms with Crippen molar-refractivity contribution in [1.82, 2.24) is 10.2 Å². The Labute approximate surface area is 135 Å². The number of likely N-dealkylation sites (tertiary alicyclic amines) is 1. The molecule has 0 saturated carbocycles. The lowest BCUT2D eigenvalue weighted by atomic mass is 10.00. The van der Waals surface area contributed by atoms with Crippen molar-refractivity contribution in [1.29, 1.82) is 0 Å². The summed E-state index contributed by atoms with van der Waals surface area (Å²) in [6.45, 7) is 1.70. The third-order valence-electron chi connectivity index (χ3n) is 3.79. The molecule has 1 aromatic carbocycles. The van der Waals surface area contributed by atoms with E-state index in [1.165, 1.54) is 6.42 Å². The van der Waals surface area contributed by atoms with Crippen molar-refractivity contribution in [3.63, 3.8) is 0 Å². The Hall–Kier alpha value is -0.970. The van der Waals surface area contributed by atoms with E-state index in [-0.39, 0.29) is 12.1 Å². The minimum Gasteiger partial charge on any atom is -0.322 e. The number of urea groups is 1. The number of rotatable bonds is 4. The molecule has 1 saturated heterocycles. The highest BCUT2D eigenvalue weighted by Gasteiger charge is 2.26. The third kappa shape index (κ3) is 4.50. The van der Waals surface area contributed by atoms with Crippen LogP contribution in [-0.4, -0.2) is 37.1 Å². The predicted molar refractivity (Wildman–Crippen MR) is 88.4 cm³/mol. The van der Waals surface area contributed by atoms with Gasteiger partial charge in [-0.1, -0.05) is 23.2 Å². The van der Waals surface area contributed by atoms with E-state index in [1.807, 2.05) is 11.9 Å². The lowest BCUT2D eigenvalue weighted by Crippen LogP contribution is -2.46. The minimum atomic E-state index is -0.0973. The maximum Gasteiger partial charge on any atom is 0.322 e. The molecule has 1 heterocycles. The van der Waals surface area contributed by atoms with Crippen molar-refractivity contribution >= 4 is 34.9 Å². The van der Waals surface area contributed by atoms with E-state index in [0.29, 0.717) is 15.7 Å². The first-order chi connectivity index (χ1) is 10.1. The van der Waals surface area contributed by atoms with Crippen LogP contribution in [0.15, 0.2) is 18.2 Å². The zero-order valence-electron chi connectivity index (χ0n) is 12.2. The second-order valence-electron chi connectivity index (χ2n) is 5.29. The number of anilines is 1. The summed E-state index contributed by atoms with van der Waals surface area (Å²) in [5.41, 5.74) is 0.562. The van der Waals surface area contributed by atoms with Crippen molar-refractivity contribution in [3.8, 4) is 0 Å². The Kier molecular flexibility index (Phi) is 6.15. The van der Waals surface area contributed by atoms with Gasteiger partial charge in [0.1, 0.15) is 0 Å². The highest BCUT2D eigenvalue weighted by Crippen LogP contribution is 2.27. The SMILES string of the molecule is CNCCC1CCCCN1C(=O)Nc1cc(Cl)ccc1Cl. The quantitative estimate of drug-likeness (QED) is 0.877. The van der Waals surface area contributed by atoms with E-state index in [4.69, 9.17) is 23.2 Å². The summed E-state index contributed by atoms with van der Waals surface area (Å²) >= 11 is 12.0. The van der Waals surface area contributed by atoms with E-state index in [9.17, 15) is 4.79 Å². The summed E-state index contributed by atoms with van der Waals surface area (Å²) in [5.74, 6) is 0. The zero-order chi connectivity index (χ0) is 15.2. The van der Waals surface area contributed by atoms with Crippen LogP contribution in [0.5, 0.6) is 0 Å². The van der Waals surface area contributed by atoms with E-state index in [0.717, 1.165) is 32.4 Å². The Morgan fingerprint density at radius 1 is 1.38 bits per heavy atom. The number of nitrogens with one attached hydrogen (secondary N) is 2. The van der Waals surface area contributed by atoms with E-state index >= 15 is 0 Å². The fourth-order valence-corrected chi connectivity index (χ4v) is 3.00. The Morgan fingerprint density at radius 3 is 2.95 bits per heavy atom. The molecule has 2 N–H and O–H groups in total. The zero-order valence-corrected chi connectivity index (χ0v) is 13.7. The average Bonchev–Trinajstić information content (AvgIpc) is 2.49. The summed E-state index contributed by atoms with van der Waals surface area (Å²) in [4.78, 5) is 14.4. The fraction of sp³-hybridized carbons (Fsp3) is 0.533. The molecule has 0 aliphatic carbocycles. The highest BCUT2D eigenvalue weighted by atomic mass is 35.5. The summed E-state index contributed by atoms with van der Waals surface area (Å²) < 4.78 is 0. The van der Waals surface area contributed by atoms with Crippen LogP contribution >= 0.6 is 23.2 Å². The molecule has 2 amide bonds. The number of benzene rings is 1. The number of amides is 2. The smallest absolute Gasteiger partial charge is 0.322 e. The molecular weight excluding hydrogens is 309 g/mol. The van der Waals surface area contributed by atoms with Crippen LogP contribution in [0.4, 0.5) is 10.5 Å². The van der Waals surface area contributed by atoms with Crippen LogP contribution in [0.2, 0.25) is 10.0 Å². The summed E-state index contributed by atoms with van der Waals surface area (Å²) in [6, 6.07) is 5.25. The molecule has 0 radical (unpaired) electrons. The Morgan fingerprint density at radius 2 is 2.19 bits per heavy atom. The van der Waals surface area contributed by atoms with Gasteiger partial charge in [-0.15, -0.1) is 0 Å². The van der Waals surface area contributed by atoms with Crippen molar-refractivity contribution in [2.45, 2.75) is 31.7 Å².